The first-order chi connectivity index (χ1) is 12.3. The average molecular weight is 491 g/mol. The quantitative estimate of drug-likeness (QED) is 0.360. The highest BCUT2D eigenvalue weighted by molar-refractivity contribution is 14.0. The van der Waals surface area contributed by atoms with Gasteiger partial charge < -0.3 is 15.5 Å². The van der Waals surface area contributed by atoms with Gasteiger partial charge in [-0.25, -0.2) is 0 Å². The van der Waals surface area contributed by atoms with Gasteiger partial charge >= 0.3 is 0 Å². The molecule has 0 saturated carbocycles. The van der Waals surface area contributed by atoms with Crippen LogP contribution in [0.4, 0.5) is 0 Å². The highest BCUT2D eigenvalue weighted by atomic mass is 127. The highest BCUT2D eigenvalue weighted by Crippen LogP contribution is 2.13. The van der Waals surface area contributed by atoms with Crippen molar-refractivity contribution in [3.8, 4) is 0 Å². The smallest absolute Gasteiger partial charge is 0.191 e. The normalized spacial score (nSPS) is 17.7. The number of halogens is 1. The van der Waals surface area contributed by atoms with Gasteiger partial charge in [0.05, 0.1) is 5.69 Å². The Kier molecular flexibility index (Phi) is 10.0. The van der Waals surface area contributed by atoms with Crippen LogP contribution in [0, 0.1) is 19.8 Å². The number of likely N-dealkylation sites (N-methyl/N-ethyl adjacent to an activating group) is 1. The number of nitrogens with one attached hydrogen (secondary N) is 2. The molecule has 1 aliphatic heterocycles. The van der Waals surface area contributed by atoms with Crippen LogP contribution < -0.4 is 10.6 Å². The van der Waals surface area contributed by atoms with Crippen LogP contribution in [-0.4, -0.2) is 78.4 Å². The summed E-state index contributed by atoms with van der Waals surface area (Å²) < 4.78 is 1.94. The van der Waals surface area contributed by atoms with Gasteiger partial charge in [0.2, 0.25) is 0 Å². The number of piperazine rings is 1. The lowest BCUT2D eigenvalue weighted by Crippen LogP contribution is -2.55. The summed E-state index contributed by atoms with van der Waals surface area (Å²) in [5.74, 6) is 1.46. The Labute approximate surface area is 182 Å². The molecule has 1 fully saturated rings. The van der Waals surface area contributed by atoms with Crippen LogP contribution in [0.25, 0.3) is 0 Å². The maximum Gasteiger partial charge on any atom is 0.191 e. The lowest BCUT2D eigenvalue weighted by molar-refractivity contribution is 0.0900. The van der Waals surface area contributed by atoms with E-state index < -0.39 is 0 Å². The molecular formula is C19H38IN7. The summed E-state index contributed by atoms with van der Waals surface area (Å²) in [5.41, 5.74) is 3.52. The fourth-order valence-electron chi connectivity index (χ4n) is 3.61. The molecule has 1 atom stereocenters. The Morgan fingerprint density at radius 3 is 2.22 bits per heavy atom. The highest BCUT2D eigenvalue weighted by Gasteiger charge is 2.25. The largest absolute Gasteiger partial charge is 0.355 e. The molecule has 1 aromatic rings. The predicted octanol–water partition coefficient (Wildman–Crippen LogP) is 1.59. The van der Waals surface area contributed by atoms with Gasteiger partial charge in [0.15, 0.2) is 5.96 Å². The van der Waals surface area contributed by atoms with E-state index in [4.69, 9.17) is 0 Å². The molecule has 0 radical (unpaired) electrons. The van der Waals surface area contributed by atoms with Gasteiger partial charge in [0.1, 0.15) is 0 Å². The minimum absolute atomic E-state index is 0. The van der Waals surface area contributed by atoms with Crippen molar-refractivity contribution in [2.24, 2.45) is 18.0 Å². The molecule has 2 rings (SSSR count). The van der Waals surface area contributed by atoms with Crippen molar-refractivity contribution >= 4 is 29.9 Å². The van der Waals surface area contributed by atoms with E-state index >= 15 is 0 Å². The third-order valence-electron chi connectivity index (χ3n) is 5.57. The summed E-state index contributed by atoms with van der Waals surface area (Å²) in [5, 5.41) is 11.5. The van der Waals surface area contributed by atoms with Crippen molar-refractivity contribution in [3.63, 3.8) is 0 Å². The number of hydrogen-bond acceptors (Lipinski definition) is 4. The molecule has 2 N–H and O–H groups in total. The average Bonchev–Trinajstić information content (AvgIpc) is 2.84. The second-order valence-electron chi connectivity index (χ2n) is 7.73. The van der Waals surface area contributed by atoms with Crippen molar-refractivity contribution in [1.82, 2.24) is 30.2 Å². The van der Waals surface area contributed by atoms with E-state index in [-0.39, 0.29) is 24.0 Å². The number of aromatic nitrogens is 2. The van der Waals surface area contributed by atoms with Crippen molar-refractivity contribution in [2.75, 3.05) is 46.8 Å². The molecular weight excluding hydrogens is 453 g/mol. The van der Waals surface area contributed by atoms with Crippen molar-refractivity contribution in [1.29, 1.82) is 0 Å². The monoisotopic (exact) mass is 491 g/mol. The lowest BCUT2D eigenvalue weighted by Gasteiger charge is -2.40. The van der Waals surface area contributed by atoms with Crippen LogP contribution >= 0.6 is 24.0 Å². The Morgan fingerprint density at radius 2 is 1.74 bits per heavy atom. The topological polar surface area (TPSA) is 60.7 Å². The van der Waals surface area contributed by atoms with Gasteiger partial charge in [-0.05, 0) is 26.8 Å². The molecule has 0 aliphatic carbocycles. The number of aryl methyl sites for hydroxylation is 2. The van der Waals surface area contributed by atoms with Gasteiger partial charge in [0, 0.05) is 70.7 Å². The summed E-state index contributed by atoms with van der Waals surface area (Å²) >= 11 is 0. The second-order valence-corrected chi connectivity index (χ2v) is 7.73. The Morgan fingerprint density at radius 1 is 1.11 bits per heavy atom. The van der Waals surface area contributed by atoms with E-state index in [9.17, 15) is 0 Å². The van der Waals surface area contributed by atoms with Crippen molar-refractivity contribution in [2.45, 2.75) is 40.3 Å². The molecule has 2 heterocycles. The molecule has 7 nitrogen and oxygen atoms in total. The van der Waals surface area contributed by atoms with Gasteiger partial charge in [-0.2, -0.15) is 5.10 Å². The van der Waals surface area contributed by atoms with Crippen LogP contribution in [0.5, 0.6) is 0 Å². The first-order valence-electron chi connectivity index (χ1n) is 9.69. The van der Waals surface area contributed by atoms with Crippen LogP contribution in [-0.2, 0) is 13.6 Å². The van der Waals surface area contributed by atoms with Gasteiger partial charge in [-0.1, -0.05) is 13.8 Å². The zero-order valence-corrected chi connectivity index (χ0v) is 20.4. The third kappa shape index (κ3) is 6.60. The SMILES string of the molecule is CN=C(NCc1c(C)nn(C)c1C)NCC(C(C)C)N1CCN(C)CC1.I. The summed E-state index contributed by atoms with van der Waals surface area (Å²) in [6, 6.07) is 0.518. The van der Waals surface area contributed by atoms with E-state index in [0.717, 1.165) is 50.9 Å². The van der Waals surface area contributed by atoms with E-state index in [2.05, 4.69) is 65.3 Å². The van der Waals surface area contributed by atoms with Crippen molar-refractivity contribution < 1.29 is 0 Å². The maximum atomic E-state index is 4.48. The van der Waals surface area contributed by atoms with Crippen LogP contribution in [0.1, 0.15) is 30.8 Å². The standard InChI is InChI=1S/C19H37N7.HI/c1-14(2)18(26-10-8-24(6)9-11-26)13-22-19(20-5)21-12-17-15(3)23-25(7)16(17)4;/h14,18H,8-13H2,1-7H3,(H2,20,21,22);1H. The molecule has 0 spiro atoms. The third-order valence-corrected chi connectivity index (χ3v) is 5.57. The minimum Gasteiger partial charge on any atom is -0.355 e. The molecule has 0 amide bonds. The summed E-state index contributed by atoms with van der Waals surface area (Å²) in [6.07, 6.45) is 0. The number of rotatable bonds is 6. The van der Waals surface area contributed by atoms with E-state index in [1.807, 2.05) is 18.8 Å². The molecule has 0 aromatic carbocycles. The fraction of sp³-hybridized carbons (Fsp3) is 0.789. The predicted molar refractivity (Wildman–Crippen MR) is 124 cm³/mol. The van der Waals surface area contributed by atoms with Gasteiger partial charge in [-0.3, -0.25) is 14.6 Å². The molecule has 1 aromatic heterocycles. The van der Waals surface area contributed by atoms with Crippen LogP contribution in [0.15, 0.2) is 4.99 Å². The molecule has 1 unspecified atom stereocenters. The molecule has 8 heteroatoms. The van der Waals surface area contributed by atoms with E-state index in [0.29, 0.717) is 12.0 Å². The van der Waals surface area contributed by atoms with Crippen molar-refractivity contribution in [3.05, 3.63) is 17.0 Å². The zero-order chi connectivity index (χ0) is 19.3. The number of hydrogen-bond donors (Lipinski definition) is 2. The summed E-state index contributed by atoms with van der Waals surface area (Å²) in [4.78, 5) is 9.41. The Balaban J connectivity index is 0.00000364. The molecule has 1 aliphatic rings. The lowest BCUT2D eigenvalue weighted by atomic mass is 10.0. The zero-order valence-electron chi connectivity index (χ0n) is 18.0. The van der Waals surface area contributed by atoms with Crippen LogP contribution in [0.2, 0.25) is 0 Å². The van der Waals surface area contributed by atoms with Crippen LogP contribution in [0.3, 0.4) is 0 Å². The number of nitrogens with zero attached hydrogens (tertiary/aromatic N) is 5. The van der Waals surface area contributed by atoms with E-state index in [1.165, 1.54) is 11.3 Å². The minimum atomic E-state index is 0. The first-order valence-corrected chi connectivity index (χ1v) is 9.69. The molecule has 0 bridgehead atoms. The number of aliphatic imine (C=N–C) groups is 1. The maximum absolute atomic E-state index is 4.48. The molecule has 156 valence electrons. The summed E-state index contributed by atoms with van der Waals surface area (Å²) in [6.45, 7) is 15.0. The Hall–Kier alpha value is -0.870. The molecule has 27 heavy (non-hydrogen) atoms. The fourth-order valence-corrected chi connectivity index (χ4v) is 3.61. The van der Waals surface area contributed by atoms with E-state index in [1.54, 1.807) is 0 Å². The Bertz CT molecular complexity index is 603. The second kappa shape index (κ2) is 11.2. The number of guanidine groups is 1. The molecule has 1 saturated heterocycles. The summed E-state index contributed by atoms with van der Waals surface area (Å²) in [7, 11) is 6.02. The first kappa shape index (κ1) is 24.2. The van der Waals surface area contributed by atoms with Gasteiger partial charge in [-0.15, -0.1) is 24.0 Å². The van der Waals surface area contributed by atoms with Gasteiger partial charge in [0.25, 0.3) is 0 Å².